The number of pyridine rings is 1. The first-order valence-corrected chi connectivity index (χ1v) is 12.1. The molecule has 0 unspecified atom stereocenters. The van der Waals surface area contributed by atoms with Crippen molar-refractivity contribution >= 4 is 35.2 Å². The van der Waals surface area contributed by atoms with Gasteiger partial charge in [0.05, 0.1) is 11.3 Å². The Morgan fingerprint density at radius 2 is 1.86 bits per heavy atom. The maximum Gasteiger partial charge on any atom is 0.259 e. The van der Waals surface area contributed by atoms with Gasteiger partial charge < -0.3 is 20.1 Å². The second kappa shape index (κ2) is 10.6. The Kier molecular flexibility index (Phi) is 7.51. The summed E-state index contributed by atoms with van der Waals surface area (Å²) in [6.45, 7) is 3.25. The third-order valence-corrected chi connectivity index (χ3v) is 6.24. The van der Waals surface area contributed by atoms with E-state index >= 15 is 0 Å². The van der Waals surface area contributed by atoms with Crippen LogP contribution in [0.5, 0.6) is 11.5 Å². The number of anilines is 3. The summed E-state index contributed by atoms with van der Waals surface area (Å²) in [6, 6.07) is 8.72. The summed E-state index contributed by atoms with van der Waals surface area (Å²) >= 11 is 1.18. The van der Waals surface area contributed by atoms with E-state index in [1.165, 1.54) is 61.0 Å². The average Bonchev–Trinajstić information content (AvgIpc) is 3.66. The molecule has 1 aliphatic carbocycles. The predicted molar refractivity (Wildman–Crippen MR) is 138 cm³/mol. The largest absolute Gasteiger partial charge is 0.453 e. The zero-order valence-corrected chi connectivity index (χ0v) is 21.1. The van der Waals surface area contributed by atoms with E-state index in [0.717, 1.165) is 12.8 Å². The molecule has 11 heteroatoms. The van der Waals surface area contributed by atoms with Crippen molar-refractivity contribution in [2.24, 2.45) is 7.05 Å². The SMILES string of the molecule is CNSNc1ccc(F)c(Oc2c(C(=O)NC3CC3)c(Nc3ccc(C)cc3F)n(C)c(=O)c2C)c1. The quantitative estimate of drug-likeness (QED) is 0.301. The van der Waals surface area contributed by atoms with Crippen molar-refractivity contribution in [2.75, 3.05) is 17.1 Å². The van der Waals surface area contributed by atoms with Gasteiger partial charge >= 0.3 is 0 Å². The highest BCUT2D eigenvalue weighted by Gasteiger charge is 2.31. The molecule has 0 atom stereocenters. The summed E-state index contributed by atoms with van der Waals surface area (Å²) in [5.41, 5.74) is 0.929. The zero-order chi connectivity index (χ0) is 26.0. The third kappa shape index (κ3) is 5.47. The summed E-state index contributed by atoms with van der Waals surface area (Å²) in [4.78, 5) is 26.5. The fraction of sp³-hybridized carbons (Fsp3) is 0.280. The molecule has 0 bridgehead atoms. The van der Waals surface area contributed by atoms with Gasteiger partial charge in [0.15, 0.2) is 17.3 Å². The molecule has 1 amide bonds. The number of hydrogen-bond acceptors (Lipinski definition) is 7. The Morgan fingerprint density at radius 3 is 2.53 bits per heavy atom. The molecule has 1 saturated carbocycles. The Hall–Kier alpha value is -3.57. The standard InChI is InChI=1S/C25H27F2N5O3S/c1-13-5-10-19(18(27)11-13)30-23-21(24(33)29-15-6-7-15)22(14(2)25(34)32(23)4)35-20-12-16(31-36-28-3)8-9-17(20)26/h5,8-12,15,28,30-31H,6-7H2,1-4H3,(H,29,33). The van der Waals surface area contributed by atoms with Crippen LogP contribution in [0, 0.1) is 25.5 Å². The van der Waals surface area contributed by atoms with E-state index in [2.05, 4.69) is 20.1 Å². The first-order chi connectivity index (χ1) is 17.2. The second-order valence-electron chi connectivity index (χ2n) is 8.55. The second-order valence-corrected chi connectivity index (χ2v) is 9.37. The Balaban J connectivity index is 1.86. The highest BCUT2D eigenvalue weighted by molar-refractivity contribution is 7.98. The van der Waals surface area contributed by atoms with Crippen molar-refractivity contribution in [3.05, 3.63) is 75.1 Å². The smallest absolute Gasteiger partial charge is 0.259 e. The maximum atomic E-state index is 14.8. The number of rotatable bonds is 9. The number of ether oxygens (including phenoxy) is 1. The monoisotopic (exact) mass is 515 g/mol. The molecule has 0 saturated heterocycles. The van der Waals surface area contributed by atoms with Crippen LogP contribution in [0.2, 0.25) is 0 Å². The molecular weight excluding hydrogens is 488 g/mol. The van der Waals surface area contributed by atoms with Crippen LogP contribution in [-0.2, 0) is 7.05 Å². The molecule has 2 aromatic carbocycles. The van der Waals surface area contributed by atoms with Gasteiger partial charge in [-0.25, -0.2) is 13.5 Å². The molecule has 0 radical (unpaired) electrons. The average molecular weight is 516 g/mol. The van der Waals surface area contributed by atoms with Crippen molar-refractivity contribution < 1.29 is 18.3 Å². The molecule has 190 valence electrons. The molecule has 1 heterocycles. The molecule has 4 N–H and O–H groups in total. The summed E-state index contributed by atoms with van der Waals surface area (Å²) in [7, 11) is 3.19. The number of carbonyl (C=O) groups is 1. The van der Waals surface area contributed by atoms with Crippen LogP contribution in [0.3, 0.4) is 0 Å². The van der Waals surface area contributed by atoms with Gasteiger partial charge in [-0.2, -0.15) is 0 Å². The highest BCUT2D eigenvalue weighted by atomic mass is 32.2. The van der Waals surface area contributed by atoms with E-state index in [4.69, 9.17) is 4.74 Å². The van der Waals surface area contributed by atoms with E-state index in [1.807, 2.05) is 0 Å². The van der Waals surface area contributed by atoms with E-state index in [9.17, 15) is 18.4 Å². The van der Waals surface area contributed by atoms with Crippen LogP contribution in [0.4, 0.5) is 26.0 Å². The molecule has 36 heavy (non-hydrogen) atoms. The minimum Gasteiger partial charge on any atom is -0.453 e. The summed E-state index contributed by atoms with van der Waals surface area (Å²) in [5, 5.41) is 5.78. The van der Waals surface area contributed by atoms with E-state index < -0.39 is 23.1 Å². The lowest BCUT2D eigenvalue weighted by Crippen LogP contribution is -2.31. The van der Waals surface area contributed by atoms with Crippen LogP contribution in [0.25, 0.3) is 0 Å². The van der Waals surface area contributed by atoms with Gasteiger partial charge in [0, 0.05) is 37.0 Å². The highest BCUT2D eigenvalue weighted by Crippen LogP contribution is 2.36. The van der Waals surface area contributed by atoms with Crippen LogP contribution in [0.15, 0.2) is 41.2 Å². The predicted octanol–water partition coefficient (Wildman–Crippen LogP) is 4.90. The van der Waals surface area contributed by atoms with Gasteiger partial charge in [-0.1, -0.05) is 6.07 Å². The minimum absolute atomic E-state index is 0.00492. The first kappa shape index (κ1) is 25.5. The van der Waals surface area contributed by atoms with Gasteiger partial charge in [-0.15, -0.1) is 0 Å². The first-order valence-electron chi connectivity index (χ1n) is 11.3. The third-order valence-electron chi connectivity index (χ3n) is 5.70. The fourth-order valence-electron chi connectivity index (χ4n) is 3.60. The number of benzene rings is 2. The van der Waals surface area contributed by atoms with Gasteiger partial charge in [-0.05, 0) is 63.6 Å². The van der Waals surface area contributed by atoms with E-state index in [1.54, 1.807) is 20.0 Å². The van der Waals surface area contributed by atoms with Crippen molar-refractivity contribution in [3.8, 4) is 11.5 Å². The molecule has 4 rings (SSSR count). The van der Waals surface area contributed by atoms with E-state index in [0.29, 0.717) is 11.3 Å². The number of hydrogen-bond donors (Lipinski definition) is 4. The fourth-order valence-corrected chi connectivity index (χ4v) is 3.94. The van der Waals surface area contributed by atoms with Crippen LogP contribution in [-0.4, -0.2) is 23.6 Å². The van der Waals surface area contributed by atoms with Gasteiger partial charge in [-0.3, -0.25) is 14.2 Å². The summed E-state index contributed by atoms with van der Waals surface area (Å²) in [5.74, 6) is -2.00. The minimum atomic E-state index is -0.678. The molecule has 8 nitrogen and oxygen atoms in total. The number of aryl methyl sites for hydroxylation is 1. The Labute approximate surface area is 211 Å². The lowest BCUT2D eigenvalue weighted by atomic mass is 10.1. The van der Waals surface area contributed by atoms with Crippen molar-refractivity contribution in [2.45, 2.75) is 32.7 Å². The normalized spacial score (nSPS) is 12.8. The van der Waals surface area contributed by atoms with Crippen LogP contribution < -0.4 is 30.4 Å². The van der Waals surface area contributed by atoms with E-state index in [-0.39, 0.29) is 40.2 Å². The van der Waals surface area contributed by atoms with Crippen molar-refractivity contribution in [3.63, 3.8) is 0 Å². The number of aromatic nitrogens is 1. The number of carbonyl (C=O) groups excluding carboxylic acids is 1. The number of amides is 1. The molecule has 1 aliphatic rings. The van der Waals surface area contributed by atoms with Crippen LogP contribution >= 0.6 is 12.1 Å². The number of halogens is 2. The number of nitrogens with one attached hydrogen (secondary N) is 4. The lowest BCUT2D eigenvalue weighted by molar-refractivity contribution is 0.0948. The molecular formula is C25H27F2N5O3S. The Morgan fingerprint density at radius 1 is 1.11 bits per heavy atom. The topological polar surface area (TPSA) is 96.4 Å². The Bertz CT molecular complexity index is 1370. The maximum absolute atomic E-state index is 14.8. The molecule has 0 aliphatic heterocycles. The summed E-state index contributed by atoms with van der Waals surface area (Å²) in [6.07, 6.45) is 1.65. The zero-order valence-electron chi connectivity index (χ0n) is 20.3. The molecule has 1 aromatic heterocycles. The lowest BCUT2D eigenvalue weighted by Gasteiger charge is -2.21. The molecule has 3 aromatic rings. The van der Waals surface area contributed by atoms with Crippen molar-refractivity contribution in [1.29, 1.82) is 0 Å². The molecule has 0 spiro atoms. The van der Waals surface area contributed by atoms with Gasteiger partial charge in [0.1, 0.15) is 17.2 Å². The molecule has 1 fully saturated rings. The number of nitrogens with zero attached hydrogens (tertiary/aromatic N) is 1. The summed E-state index contributed by atoms with van der Waals surface area (Å²) < 4.78 is 42.4. The van der Waals surface area contributed by atoms with Crippen molar-refractivity contribution in [1.82, 2.24) is 14.6 Å². The van der Waals surface area contributed by atoms with Gasteiger partial charge in [0.2, 0.25) is 0 Å². The van der Waals surface area contributed by atoms with Crippen LogP contribution in [0.1, 0.15) is 34.3 Å². The van der Waals surface area contributed by atoms with Gasteiger partial charge in [0.25, 0.3) is 11.5 Å².